The fourth-order valence-corrected chi connectivity index (χ4v) is 1.15. The number of carbonyl (C=O) groups is 1. The molecule has 0 fully saturated rings. The molecule has 0 saturated carbocycles. The molecule has 0 atom stereocenters. The molecule has 0 aliphatic heterocycles. The molecule has 6 nitrogen and oxygen atoms in total. The molecular formula is C11H9N3O3. The van der Waals surface area contributed by atoms with Gasteiger partial charge in [-0.1, -0.05) is 17.0 Å². The number of hydrogen-bond donors (Lipinski definition) is 1. The maximum Gasteiger partial charge on any atom is 0.173 e. The van der Waals surface area contributed by atoms with Crippen LogP contribution in [0.3, 0.4) is 0 Å². The number of rotatable bonds is 3. The van der Waals surface area contributed by atoms with Crippen molar-refractivity contribution in [3.8, 4) is 23.3 Å². The number of aldehydes is 1. The molecule has 0 aromatic heterocycles. The molecule has 0 amide bonds. The SMILES string of the molecule is COc1cc(C=O)cc(C#CCN=[N+]=[N-])c1O. The van der Waals surface area contributed by atoms with Crippen molar-refractivity contribution < 1.29 is 14.6 Å². The van der Waals surface area contributed by atoms with Gasteiger partial charge in [-0.05, 0) is 17.7 Å². The first kappa shape index (κ1) is 12.4. The molecule has 17 heavy (non-hydrogen) atoms. The fourth-order valence-electron chi connectivity index (χ4n) is 1.15. The van der Waals surface area contributed by atoms with Gasteiger partial charge in [-0.3, -0.25) is 4.79 Å². The van der Waals surface area contributed by atoms with E-state index in [9.17, 15) is 9.90 Å². The van der Waals surface area contributed by atoms with Crippen molar-refractivity contribution in [1.82, 2.24) is 0 Å². The molecular weight excluding hydrogens is 222 g/mol. The second kappa shape index (κ2) is 6.05. The Morgan fingerprint density at radius 2 is 2.41 bits per heavy atom. The van der Waals surface area contributed by atoms with Crippen LogP contribution in [0.2, 0.25) is 0 Å². The Morgan fingerprint density at radius 3 is 3.00 bits per heavy atom. The minimum atomic E-state index is -0.147. The van der Waals surface area contributed by atoms with Gasteiger partial charge in [-0.15, -0.1) is 0 Å². The number of carbonyl (C=O) groups excluding carboxylic acids is 1. The van der Waals surface area contributed by atoms with Gasteiger partial charge in [-0.25, -0.2) is 0 Å². The van der Waals surface area contributed by atoms with Gasteiger partial charge < -0.3 is 9.84 Å². The molecule has 0 spiro atoms. The lowest BCUT2D eigenvalue weighted by Gasteiger charge is -2.05. The van der Waals surface area contributed by atoms with Crippen LogP contribution in [-0.2, 0) is 0 Å². The summed E-state index contributed by atoms with van der Waals surface area (Å²) in [4.78, 5) is 13.2. The molecule has 0 bridgehead atoms. The smallest absolute Gasteiger partial charge is 0.173 e. The number of azide groups is 1. The lowest BCUT2D eigenvalue weighted by atomic mass is 10.1. The highest BCUT2D eigenvalue weighted by atomic mass is 16.5. The maximum absolute atomic E-state index is 10.7. The van der Waals surface area contributed by atoms with Crippen LogP contribution in [0, 0.1) is 11.8 Å². The predicted octanol–water partition coefficient (Wildman–Crippen LogP) is 1.88. The van der Waals surface area contributed by atoms with Crippen LogP contribution in [-0.4, -0.2) is 25.0 Å². The molecule has 6 heteroatoms. The monoisotopic (exact) mass is 231 g/mol. The van der Waals surface area contributed by atoms with Gasteiger partial charge in [0.25, 0.3) is 0 Å². The largest absolute Gasteiger partial charge is 0.503 e. The second-order valence-electron chi connectivity index (χ2n) is 2.93. The van der Waals surface area contributed by atoms with Gasteiger partial charge in [0, 0.05) is 10.5 Å². The summed E-state index contributed by atoms with van der Waals surface area (Å²) >= 11 is 0. The average Bonchev–Trinajstić information content (AvgIpc) is 2.36. The van der Waals surface area contributed by atoms with Crippen molar-refractivity contribution >= 4 is 6.29 Å². The normalized spacial score (nSPS) is 8.53. The predicted molar refractivity (Wildman–Crippen MR) is 60.9 cm³/mol. The van der Waals surface area contributed by atoms with E-state index in [2.05, 4.69) is 21.9 Å². The number of ether oxygens (including phenoxy) is 1. The zero-order valence-corrected chi connectivity index (χ0v) is 9.04. The number of nitrogens with zero attached hydrogens (tertiary/aromatic N) is 3. The molecule has 1 rings (SSSR count). The number of methoxy groups -OCH3 is 1. The van der Waals surface area contributed by atoms with Crippen LogP contribution in [0.25, 0.3) is 10.4 Å². The Labute approximate surface area is 97.5 Å². The lowest BCUT2D eigenvalue weighted by molar-refractivity contribution is 0.112. The molecule has 0 heterocycles. The first-order valence-electron chi connectivity index (χ1n) is 4.58. The zero-order chi connectivity index (χ0) is 12.7. The van der Waals surface area contributed by atoms with Crippen molar-refractivity contribution in [3.63, 3.8) is 0 Å². The van der Waals surface area contributed by atoms with Gasteiger partial charge >= 0.3 is 0 Å². The summed E-state index contributed by atoms with van der Waals surface area (Å²) in [5, 5.41) is 12.9. The summed E-state index contributed by atoms with van der Waals surface area (Å²) in [7, 11) is 1.38. The summed E-state index contributed by atoms with van der Waals surface area (Å²) < 4.78 is 4.90. The van der Waals surface area contributed by atoms with E-state index >= 15 is 0 Å². The maximum atomic E-state index is 10.7. The molecule has 0 aliphatic carbocycles. The Balaban J connectivity index is 3.15. The highest BCUT2D eigenvalue weighted by Crippen LogP contribution is 2.30. The fraction of sp³-hybridized carbons (Fsp3) is 0.182. The standard InChI is InChI=1S/C11H9N3O3/c1-17-10-6-8(7-15)5-9(11(10)16)3-2-4-13-14-12/h5-7,16H,4H2,1H3. The molecule has 86 valence electrons. The molecule has 0 radical (unpaired) electrons. The minimum absolute atomic E-state index is 0.0103. The topological polar surface area (TPSA) is 95.3 Å². The van der Waals surface area contributed by atoms with Crippen LogP contribution in [0.15, 0.2) is 17.2 Å². The highest BCUT2D eigenvalue weighted by molar-refractivity contribution is 5.78. The van der Waals surface area contributed by atoms with Crippen LogP contribution in [0.1, 0.15) is 15.9 Å². The van der Waals surface area contributed by atoms with E-state index in [1.165, 1.54) is 19.2 Å². The highest BCUT2D eigenvalue weighted by Gasteiger charge is 2.08. The summed E-state index contributed by atoms with van der Waals surface area (Å²) in [5.41, 5.74) is 8.65. The average molecular weight is 231 g/mol. The summed E-state index contributed by atoms with van der Waals surface area (Å²) in [6, 6.07) is 2.83. The van der Waals surface area contributed by atoms with Crippen molar-refractivity contribution in [2.24, 2.45) is 5.11 Å². The van der Waals surface area contributed by atoms with Gasteiger partial charge in [0.1, 0.15) is 6.29 Å². The van der Waals surface area contributed by atoms with Gasteiger partial charge in [0.05, 0.1) is 19.2 Å². The Hall–Kier alpha value is -2.64. The Morgan fingerprint density at radius 1 is 1.65 bits per heavy atom. The third kappa shape index (κ3) is 3.16. The molecule has 0 unspecified atom stereocenters. The van der Waals surface area contributed by atoms with Crippen molar-refractivity contribution in [2.75, 3.05) is 13.7 Å². The van der Waals surface area contributed by atoms with Crippen LogP contribution < -0.4 is 4.74 Å². The summed E-state index contributed by atoms with van der Waals surface area (Å²) in [6.07, 6.45) is 0.626. The molecule has 1 N–H and O–H groups in total. The first-order valence-corrected chi connectivity index (χ1v) is 4.58. The number of phenols is 1. The molecule has 1 aromatic rings. The molecule has 1 aromatic carbocycles. The van der Waals surface area contributed by atoms with Crippen LogP contribution in [0.5, 0.6) is 11.5 Å². The Kier molecular flexibility index (Phi) is 4.43. The zero-order valence-electron chi connectivity index (χ0n) is 9.04. The summed E-state index contributed by atoms with van der Waals surface area (Å²) in [5.74, 6) is 5.16. The van der Waals surface area contributed by atoms with Crippen molar-refractivity contribution in [1.29, 1.82) is 0 Å². The third-order valence-electron chi connectivity index (χ3n) is 1.89. The van der Waals surface area contributed by atoms with Crippen LogP contribution in [0.4, 0.5) is 0 Å². The quantitative estimate of drug-likeness (QED) is 0.283. The van der Waals surface area contributed by atoms with E-state index in [0.29, 0.717) is 11.8 Å². The van der Waals surface area contributed by atoms with Crippen molar-refractivity contribution in [2.45, 2.75) is 0 Å². The summed E-state index contributed by atoms with van der Waals surface area (Å²) in [6.45, 7) is -0.0103. The van der Waals surface area contributed by atoms with Crippen molar-refractivity contribution in [3.05, 3.63) is 33.7 Å². The first-order chi connectivity index (χ1) is 8.22. The number of hydrogen-bond acceptors (Lipinski definition) is 4. The lowest BCUT2D eigenvalue weighted by Crippen LogP contribution is -1.90. The molecule has 0 saturated heterocycles. The van der Waals surface area contributed by atoms with Gasteiger partial charge in [0.15, 0.2) is 11.5 Å². The van der Waals surface area contributed by atoms with E-state index < -0.39 is 0 Å². The van der Waals surface area contributed by atoms with E-state index in [-0.39, 0.29) is 23.6 Å². The Bertz CT molecular complexity index is 537. The number of benzene rings is 1. The van der Waals surface area contributed by atoms with Gasteiger partial charge in [0.2, 0.25) is 0 Å². The van der Waals surface area contributed by atoms with E-state index in [4.69, 9.17) is 10.3 Å². The van der Waals surface area contributed by atoms with E-state index in [1.807, 2.05) is 0 Å². The second-order valence-corrected chi connectivity index (χ2v) is 2.93. The van der Waals surface area contributed by atoms with Crippen LogP contribution >= 0.6 is 0 Å². The van der Waals surface area contributed by atoms with E-state index in [0.717, 1.165) is 0 Å². The number of phenolic OH excluding ortho intramolecular Hbond substituents is 1. The van der Waals surface area contributed by atoms with E-state index in [1.54, 1.807) is 0 Å². The van der Waals surface area contributed by atoms with Gasteiger partial charge in [-0.2, -0.15) is 0 Å². The molecule has 0 aliphatic rings. The minimum Gasteiger partial charge on any atom is -0.503 e. The number of aromatic hydroxyl groups is 1. The third-order valence-corrected chi connectivity index (χ3v) is 1.89.